The molecule has 0 heterocycles. The van der Waals surface area contributed by atoms with Crippen molar-refractivity contribution in [2.24, 2.45) is 17.8 Å². The normalized spacial score (nSPS) is 12.5. The van der Waals surface area contributed by atoms with Crippen LogP contribution < -0.4 is 0 Å². The van der Waals surface area contributed by atoms with E-state index in [4.69, 9.17) is 14.2 Å². The second kappa shape index (κ2) is 56.1. The number of carbonyl (C=O) groups excluding carboxylic acids is 3. The number of hydrogen-bond acceptors (Lipinski definition) is 6. The number of ether oxygens (including phenoxy) is 3. The Bertz CT molecular complexity index is 1100. The SMILES string of the molecule is CCC(C)CCCCCCCCCCCCCCCCCCCCC(=O)O[C@H](COC(=O)CCCCCCCCCCCCCCCCCC(C)C)COC(=O)CCCCCCCCCCCCC(C)C. The lowest BCUT2D eigenvalue weighted by Gasteiger charge is -2.18. The third-order valence-electron chi connectivity index (χ3n) is 15.3. The highest BCUT2D eigenvalue weighted by Crippen LogP contribution is 2.19. The summed E-state index contributed by atoms with van der Waals surface area (Å²) in [6.07, 6.45) is 61.0. The first-order chi connectivity index (χ1) is 34.6. The molecule has 0 aliphatic heterocycles. The van der Waals surface area contributed by atoms with Crippen molar-refractivity contribution in [1.82, 2.24) is 0 Å². The molecule has 2 atom stereocenters. The van der Waals surface area contributed by atoms with E-state index in [9.17, 15) is 14.4 Å². The van der Waals surface area contributed by atoms with Gasteiger partial charge in [-0.15, -0.1) is 0 Å². The molecule has 0 aliphatic carbocycles. The minimum atomic E-state index is -0.764. The standard InChI is InChI=1S/C65H126O6/c1-7-61(6)53-47-41-35-29-22-18-14-10-8-9-11-15-20-24-32-38-44-50-56-65(68)71-62(58-70-64(67)55-49-43-37-31-26-25-28-34-40-46-52-60(4)5)57-69-63(66)54-48-42-36-30-23-19-16-12-13-17-21-27-33-39-45-51-59(2)3/h59-62H,7-58H2,1-6H3/t61?,62-/m1/s1. The average molecular weight is 1000 g/mol. The number of rotatable bonds is 58. The van der Waals surface area contributed by atoms with Gasteiger partial charge in [-0.2, -0.15) is 0 Å². The van der Waals surface area contributed by atoms with E-state index in [1.54, 1.807) is 0 Å². The molecule has 1 unspecified atom stereocenters. The van der Waals surface area contributed by atoms with Crippen molar-refractivity contribution in [3.05, 3.63) is 0 Å². The summed E-state index contributed by atoms with van der Waals surface area (Å²) in [5.74, 6) is 1.74. The molecule has 0 spiro atoms. The molecule has 0 saturated carbocycles. The van der Waals surface area contributed by atoms with Gasteiger partial charge in [0.15, 0.2) is 6.10 Å². The van der Waals surface area contributed by atoms with Gasteiger partial charge in [0.2, 0.25) is 0 Å². The van der Waals surface area contributed by atoms with Crippen LogP contribution in [0.1, 0.15) is 363 Å². The van der Waals surface area contributed by atoms with E-state index >= 15 is 0 Å². The Morgan fingerprint density at radius 2 is 0.493 bits per heavy atom. The molecule has 0 aromatic carbocycles. The van der Waals surface area contributed by atoms with Crippen LogP contribution in [0.15, 0.2) is 0 Å². The van der Waals surface area contributed by atoms with Crippen LogP contribution in [-0.4, -0.2) is 37.2 Å². The molecule has 6 heteroatoms. The van der Waals surface area contributed by atoms with E-state index in [2.05, 4.69) is 41.5 Å². The molecule has 0 radical (unpaired) electrons. The minimum absolute atomic E-state index is 0.0628. The van der Waals surface area contributed by atoms with E-state index in [1.807, 2.05) is 0 Å². The van der Waals surface area contributed by atoms with Crippen LogP contribution >= 0.6 is 0 Å². The summed E-state index contributed by atoms with van der Waals surface area (Å²) in [4.78, 5) is 38.3. The largest absolute Gasteiger partial charge is 0.462 e. The number of carbonyl (C=O) groups is 3. The van der Waals surface area contributed by atoms with E-state index in [0.29, 0.717) is 19.3 Å². The second-order valence-electron chi connectivity index (χ2n) is 23.6. The van der Waals surface area contributed by atoms with Crippen molar-refractivity contribution in [2.75, 3.05) is 13.2 Å². The zero-order valence-corrected chi connectivity index (χ0v) is 49.0. The van der Waals surface area contributed by atoms with Crippen molar-refractivity contribution < 1.29 is 28.6 Å². The van der Waals surface area contributed by atoms with Gasteiger partial charge in [-0.1, -0.05) is 324 Å². The van der Waals surface area contributed by atoms with Gasteiger partial charge >= 0.3 is 17.9 Å². The first-order valence-corrected chi connectivity index (χ1v) is 32.1. The van der Waals surface area contributed by atoms with Gasteiger partial charge in [-0.3, -0.25) is 14.4 Å². The fourth-order valence-electron chi connectivity index (χ4n) is 10.0. The monoisotopic (exact) mass is 1000 g/mol. The quantitative estimate of drug-likeness (QED) is 0.0343. The summed E-state index contributed by atoms with van der Waals surface area (Å²) in [6, 6.07) is 0. The van der Waals surface area contributed by atoms with E-state index in [1.165, 1.54) is 244 Å². The fraction of sp³-hybridized carbons (Fsp3) is 0.954. The van der Waals surface area contributed by atoms with Crippen molar-refractivity contribution in [3.63, 3.8) is 0 Å². The molecule has 0 aromatic heterocycles. The molecule has 0 N–H and O–H groups in total. The molecule has 0 fully saturated rings. The van der Waals surface area contributed by atoms with E-state index in [0.717, 1.165) is 75.5 Å². The van der Waals surface area contributed by atoms with Crippen LogP contribution in [0.4, 0.5) is 0 Å². The van der Waals surface area contributed by atoms with Gasteiger partial charge in [-0.05, 0) is 37.0 Å². The molecule has 0 aromatic rings. The minimum Gasteiger partial charge on any atom is -0.462 e. The summed E-state index contributed by atoms with van der Waals surface area (Å²) in [7, 11) is 0. The van der Waals surface area contributed by atoms with Gasteiger partial charge in [0.1, 0.15) is 13.2 Å². The van der Waals surface area contributed by atoms with Gasteiger partial charge < -0.3 is 14.2 Å². The van der Waals surface area contributed by atoms with Gasteiger partial charge in [0.25, 0.3) is 0 Å². The Morgan fingerprint density at radius 1 is 0.282 bits per heavy atom. The van der Waals surface area contributed by atoms with Gasteiger partial charge in [0, 0.05) is 19.3 Å². The molecule has 0 aliphatic rings. The second-order valence-corrected chi connectivity index (χ2v) is 23.6. The Kier molecular flexibility index (Phi) is 54.9. The predicted octanol–water partition coefficient (Wildman–Crippen LogP) is 21.5. The molecular formula is C65H126O6. The zero-order chi connectivity index (χ0) is 51.9. The lowest BCUT2D eigenvalue weighted by Crippen LogP contribution is -2.30. The van der Waals surface area contributed by atoms with E-state index < -0.39 is 6.10 Å². The van der Waals surface area contributed by atoms with Crippen molar-refractivity contribution >= 4 is 17.9 Å². The third-order valence-corrected chi connectivity index (χ3v) is 15.3. The molecule has 0 rings (SSSR count). The summed E-state index contributed by atoms with van der Waals surface area (Å²) in [5.41, 5.74) is 0. The molecule has 71 heavy (non-hydrogen) atoms. The maximum Gasteiger partial charge on any atom is 0.306 e. The van der Waals surface area contributed by atoms with Crippen molar-refractivity contribution in [2.45, 2.75) is 369 Å². The van der Waals surface area contributed by atoms with Crippen molar-refractivity contribution in [3.8, 4) is 0 Å². The highest BCUT2D eigenvalue weighted by molar-refractivity contribution is 5.71. The van der Waals surface area contributed by atoms with Crippen LogP contribution in [0.25, 0.3) is 0 Å². The average Bonchev–Trinajstić information content (AvgIpc) is 3.35. The van der Waals surface area contributed by atoms with Gasteiger partial charge in [-0.25, -0.2) is 0 Å². The Hall–Kier alpha value is -1.59. The van der Waals surface area contributed by atoms with Crippen LogP contribution in [0.2, 0.25) is 0 Å². The Balaban J connectivity index is 4.25. The molecule has 0 amide bonds. The van der Waals surface area contributed by atoms with Gasteiger partial charge in [0.05, 0.1) is 0 Å². The zero-order valence-electron chi connectivity index (χ0n) is 49.0. The first-order valence-electron chi connectivity index (χ1n) is 32.1. The fourth-order valence-corrected chi connectivity index (χ4v) is 10.0. The lowest BCUT2D eigenvalue weighted by atomic mass is 9.99. The number of hydrogen-bond donors (Lipinski definition) is 0. The summed E-state index contributed by atoms with van der Waals surface area (Å²) >= 11 is 0. The maximum atomic E-state index is 12.9. The van der Waals surface area contributed by atoms with E-state index in [-0.39, 0.29) is 31.1 Å². The summed E-state index contributed by atoms with van der Waals surface area (Å²) < 4.78 is 17.0. The van der Waals surface area contributed by atoms with Crippen LogP contribution in [-0.2, 0) is 28.6 Å². The molecule has 422 valence electrons. The van der Waals surface area contributed by atoms with Crippen LogP contribution in [0.3, 0.4) is 0 Å². The summed E-state index contributed by atoms with van der Waals surface area (Å²) in [6.45, 7) is 13.8. The highest BCUT2D eigenvalue weighted by atomic mass is 16.6. The smallest absolute Gasteiger partial charge is 0.306 e. The highest BCUT2D eigenvalue weighted by Gasteiger charge is 2.19. The topological polar surface area (TPSA) is 78.9 Å². The summed E-state index contributed by atoms with van der Waals surface area (Å²) in [5, 5.41) is 0. The van der Waals surface area contributed by atoms with Crippen LogP contribution in [0, 0.1) is 17.8 Å². The Morgan fingerprint density at radius 3 is 0.732 bits per heavy atom. The molecular weight excluding hydrogens is 877 g/mol. The Labute approximate surface area is 444 Å². The number of unbranched alkanes of at least 4 members (excludes halogenated alkanes) is 40. The first kappa shape index (κ1) is 69.4. The van der Waals surface area contributed by atoms with Crippen molar-refractivity contribution in [1.29, 1.82) is 0 Å². The number of esters is 3. The maximum absolute atomic E-state index is 12.9. The molecule has 0 bridgehead atoms. The molecule has 6 nitrogen and oxygen atoms in total. The third kappa shape index (κ3) is 57.5. The lowest BCUT2D eigenvalue weighted by molar-refractivity contribution is -0.167. The van der Waals surface area contributed by atoms with Crippen LogP contribution in [0.5, 0.6) is 0 Å². The molecule has 0 saturated heterocycles. The predicted molar refractivity (Wildman–Crippen MR) is 307 cm³/mol.